The van der Waals surface area contributed by atoms with Crippen LogP contribution in [0, 0.1) is 0 Å². The smallest absolute Gasteiger partial charge is 0.407 e. The first-order valence-electron chi connectivity index (χ1n) is 7.86. The molecule has 0 spiro atoms. The SMILES string of the molecule is CC(C)(C)OC(=O)N[C@@H]1CCC(=O)C[C@H]1NC(=O)OC(C)(C)C. The normalized spacial score (nSPS) is 22.3. The highest BCUT2D eigenvalue weighted by Crippen LogP contribution is 2.18. The van der Waals surface area contributed by atoms with Crippen LogP contribution in [0.5, 0.6) is 0 Å². The highest BCUT2D eigenvalue weighted by molar-refractivity contribution is 5.81. The van der Waals surface area contributed by atoms with Crippen LogP contribution in [-0.4, -0.2) is 41.3 Å². The van der Waals surface area contributed by atoms with Crippen molar-refractivity contribution in [3.63, 3.8) is 0 Å². The van der Waals surface area contributed by atoms with Crippen molar-refractivity contribution in [3.8, 4) is 0 Å². The molecule has 2 N–H and O–H groups in total. The lowest BCUT2D eigenvalue weighted by atomic mass is 9.89. The maximum Gasteiger partial charge on any atom is 0.407 e. The Bertz CT molecular complexity index is 462. The molecule has 7 nitrogen and oxygen atoms in total. The quantitative estimate of drug-likeness (QED) is 0.812. The third-order valence-corrected chi connectivity index (χ3v) is 3.07. The van der Waals surface area contributed by atoms with Gasteiger partial charge in [-0.3, -0.25) is 4.79 Å². The first-order valence-corrected chi connectivity index (χ1v) is 7.86. The molecule has 0 aromatic heterocycles. The lowest BCUT2D eigenvalue weighted by Crippen LogP contribution is -2.56. The van der Waals surface area contributed by atoms with Gasteiger partial charge in [-0.2, -0.15) is 0 Å². The molecule has 0 aromatic carbocycles. The van der Waals surface area contributed by atoms with Crippen LogP contribution in [0.4, 0.5) is 9.59 Å². The van der Waals surface area contributed by atoms with Crippen LogP contribution in [0.15, 0.2) is 0 Å². The molecule has 1 rings (SSSR count). The van der Waals surface area contributed by atoms with Gasteiger partial charge >= 0.3 is 12.2 Å². The fourth-order valence-electron chi connectivity index (χ4n) is 2.25. The number of carbonyl (C=O) groups is 3. The van der Waals surface area contributed by atoms with E-state index in [1.807, 2.05) is 0 Å². The second-order valence-electron chi connectivity index (χ2n) is 7.79. The van der Waals surface area contributed by atoms with E-state index in [1.54, 1.807) is 41.5 Å². The van der Waals surface area contributed by atoms with Crippen LogP contribution >= 0.6 is 0 Å². The van der Waals surface area contributed by atoms with E-state index in [2.05, 4.69) is 10.6 Å². The van der Waals surface area contributed by atoms with E-state index in [1.165, 1.54) is 0 Å². The molecule has 7 heteroatoms. The monoisotopic (exact) mass is 328 g/mol. The van der Waals surface area contributed by atoms with Crippen LogP contribution < -0.4 is 10.6 Å². The number of rotatable bonds is 2. The summed E-state index contributed by atoms with van der Waals surface area (Å²) in [5, 5.41) is 5.40. The summed E-state index contributed by atoms with van der Waals surface area (Å²) in [6, 6.07) is -0.867. The molecule has 0 unspecified atom stereocenters. The Morgan fingerprint density at radius 3 is 1.78 bits per heavy atom. The van der Waals surface area contributed by atoms with Gasteiger partial charge in [0.1, 0.15) is 17.0 Å². The number of nitrogens with one attached hydrogen (secondary N) is 2. The van der Waals surface area contributed by atoms with E-state index in [4.69, 9.17) is 9.47 Å². The number of ketones is 1. The molecular weight excluding hydrogens is 300 g/mol. The summed E-state index contributed by atoms with van der Waals surface area (Å²) < 4.78 is 10.4. The summed E-state index contributed by atoms with van der Waals surface area (Å²) in [4.78, 5) is 35.5. The predicted molar refractivity (Wildman–Crippen MR) is 85.2 cm³/mol. The van der Waals surface area contributed by atoms with Crippen LogP contribution in [0.25, 0.3) is 0 Å². The van der Waals surface area contributed by atoms with Gasteiger partial charge < -0.3 is 20.1 Å². The number of carbonyl (C=O) groups excluding carboxylic acids is 3. The highest BCUT2D eigenvalue weighted by Gasteiger charge is 2.33. The second kappa shape index (κ2) is 7.19. The van der Waals surface area contributed by atoms with E-state index >= 15 is 0 Å². The topological polar surface area (TPSA) is 93.7 Å². The fraction of sp³-hybridized carbons (Fsp3) is 0.812. The molecule has 1 aliphatic rings. The number of ether oxygens (including phenoxy) is 2. The van der Waals surface area contributed by atoms with E-state index in [0.717, 1.165) is 0 Å². The molecule has 1 saturated carbocycles. The summed E-state index contributed by atoms with van der Waals surface area (Å²) in [5.41, 5.74) is -1.24. The first kappa shape index (κ1) is 19.3. The zero-order chi connectivity index (χ0) is 17.8. The minimum absolute atomic E-state index is 0.0493. The Kier molecular flexibility index (Phi) is 6.02. The molecule has 23 heavy (non-hydrogen) atoms. The molecule has 0 heterocycles. The molecule has 1 fully saturated rings. The van der Waals surface area contributed by atoms with Gasteiger partial charge in [-0.15, -0.1) is 0 Å². The van der Waals surface area contributed by atoms with Crippen LogP contribution in [0.1, 0.15) is 60.8 Å². The van der Waals surface area contributed by atoms with E-state index in [-0.39, 0.29) is 18.2 Å². The van der Waals surface area contributed by atoms with Gasteiger partial charge in [0.2, 0.25) is 0 Å². The Labute approximate surface area is 137 Å². The van der Waals surface area contributed by atoms with Crippen LogP contribution in [-0.2, 0) is 14.3 Å². The van der Waals surface area contributed by atoms with Crippen LogP contribution in [0.2, 0.25) is 0 Å². The zero-order valence-electron chi connectivity index (χ0n) is 14.8. The Hall–Kier alpha value is -1.79. The summed E-state index contributed by atoms with van der Waals surface area (Å²) in [6.45, 7) is 10.6. The molecule has 0 aromatic rings. The van der Waals surface area contributed by atoms with Crippen molar-refractivity contribution in [1.82, 2.24) is 10.6 Å². The largest absolute Gasteiger partial charge is 0.444 e. The average Bonchev–Trinajstić information content (AvgIpc) is 2.27. The van der Waals surface area contributed by atoms with E-state index in [9.17, 15) is 14.4 Å². The standard InChI is InChI=1S/C16H28N2O5/c1-15(2,3)22-13(20)17-11-8-7-10(19)9-12(11)18-14(21)23-16(4,5)6/h11-12H,7-9H2,1-6H3,(H,17,20)(H,18,21)/t11-,12-/m1/s1. The average molecular weight is 328 g/mol. The predicted octanol–water partition coefficient (Wildman–Crippen LogP) is 2.53. The van der Waals surface area contributed by atoms with Gasteiger partial charge in [-0.05, 0) is 48.0 Å². The number of hydrogen-bond acceptors (Lipinski definition) is 5. The van der Waals surface area contributed by atoms with E-state index < -0.39 is 29.4 Å². The maximum atomic E-state index is 11.9. The molecule has 132 valence electrons. The second-order valence-corrected chi connectivity index (χ2v) is 7.79. The van der Waals surface area contributed by atoms with Crippen molar-refractivity contribution in [2.45, 2.75) is 84.1 Å². The fourth-order valence-corrected chi connectivity index (χ4v) is 2.25. The summed E-state index contributed by atoms with van der Waals surface area (Å²) in [7, 11) is 0. The Morgan fingerprint density at radius 2 is 1.35 bits per heavy atom. The van der Waals surface area contributed by atoms with Crippen molar-refractivity contribution >= 4 is 18.0 Å². The minimum Gasteiger partial charge on any atom is -0.444 e. The lowest BCUT2D eigenvalue weighted by Gasteiger charge is -2.33. The lowest BCUT2D eigenvalue weighted by molar-refractivity contribution is -0.121. The highest BCUT2D eigenvalue weighted by atomic mass is 16.6. The van der Waals surface area contributed by atoms with Crippen molar-refractivity contribution in [1.29, 1.82) is 0 Å². The minimum atomic E-state index is -0.628. The molecule has 0 saturated heterocycles. The number of amides is 2. The number of alkyl carbamates (subject to hydrolysis) is 2. The van der Waals surface area contributed by atoms with Gasteiger partial charge in [-0.25, -0.2) is 9.59 Å². The Balaban J connectivity index is 2.66. The zero-order valence-corrected chi connectivity index (χ0v) is 14.8. The first-order chi connectivity index (χ1) is 10.4. The van der Waals surface area contributed by atoms with Crippen molar-refractivity contribution < 1.29 is 23.9 Å². The Morgan fingerprint density at radius 1 is 0.913 bits per heavy atom. The van der Waals surface area contributed by atoms with E-state index in [0.29, 0.717) is 12.8 Å². The molecule has 2 amide bonds. The number of hydrogen-bond donors (Lipinski definition) is 2. The van der Waals surface area contributed by atoms with Gasteiger partial charge in [0.15, 0.2) is 0 Å². The molecule has 0 aliphatic heterocycles. The van der Waals surface area contributed by atoms with Crippen molar-refractivity contribution in [2.75, 3.05) is 0 Å². The summed E-state index contributed by atoms with van der Waals surface area (Å²) >= 11 is 0. The molecule has 1 aliphatic carbocycles. The maximum absolute atomic E-state index is 11.9. The van der Waals surface area contributed by atoms with Gasteiger partial charge in [-0.1, -0.05) is 0 Å². The molecule has 0 radical (unpaired) electrons. The molecular formula is C16H28N2O5. The van der Waals surface area contributed by atoms with Crippen molar-refractivity contribution in [3.05, 3.63) is 0 Å². The molecule has 2 atom stereocenters. The third kappa shape index (κ3) is 7.85. The van der Waals surface area contributed by atoms with Gasteiger partial charge in [0.05, 0.1) is 12.1 Å². The third-order valence-electron chi connectivity index (χ3n) is 3.07. The van der Waals surface area contributed by atoms with Gasteiger partial charge in [0, 0.05) is 12.8 Å². The summed E-state index contributed by atoms with van der Waals surface area (Å²) in [6.07, 6.45) is -0.174. The molecule has 0 bridgehead atoms. The van der Waals surface area contributed by atoms with Crippen LogP contribution in [0.3, 0.4) is 0 Å². The van der Waals surface area contributed by atoms with Gasteiger partial charge in [0.25, 0.3) is 0 Å². The van der Waals surface area contributed by atoms with Crippen molar-refractivity contribution in [2.24, 2.45) is 0 Å². The summed E-state index contributed by atoms with van der Waals surface area (Å²) in [5.74, 6) is 0.0493. The number of Topliss-reactive ketones (excluding diaryl/α,β-unsaturated/α-hetero) is 1.